The van der Waals surface area contributed by atoms with Gasteiger partial charge in [0.2, 0.25) is 0 Å². The third kappa shape index (κ3) is 3.05. The minimum atomic E-state index is -0.881. The van der Waals surface area contributed by atoms with E-state index in [9.17, 15) is 15.3 Å². The monoisotopic (exact) mass is 299 g/mol. The normalized spacial score (nSPS) is 25.5. The smallest absolute Gasteiger partial charge is 0.0988 e. The number of aliphatic hydroxyl groups excluding tert-OH is 3. The summed E-state index contributed by atoms with van der Waals surface area (Å²) in [6.45, 7) is 0.835. The molecule has 0 radical (unpaired) electrons. The number of hydrogen-bond acceptors (Lipinski definition) is 4. The Labute approximate surface area is 130 Å². The van der Waals surface area contributed by atoms with Crippen molar-refractivity contribution in [2.45, 2.75) is 24.8 Å². The van der Waals surface area contributed by atoms with E-state index >= 15 is 0 Å². The van der Waals surface area contributed by atoms with Gasteiger partial charge >= 0.3 is 0 Å². The van der Waals surface area contributed by atoms with E-state index < -0.39 is 18.2 Å². The SMILES string of the molecule is OC[C@@H]1[C@@H](O)[C@H](O)CN1Cc1ccc(-c2ccccc2)cc1. The highest BCUT2D eigenvalue weighted by atomic mass is 16.3. The first-order valence-corrected chi connectivity index (χ1v) is 7.54. The Morgan fingerprint density at radius 1 is 0.909 bits per heavy atom. The fourth-order valence-electron chi connectivity index (χ4n) is 3.03. The minimum absolute atomic E-state index is 0.152. The molecule has 116 valence electrons. The number of β-amino-alcohol motifs (C(OH)–C–C–N with tert-alkyl or cyclic N) is 1. The van der Waals surface area contributed by atoms with Crippen molar-refractivity contribution in [3.05, 3.63) is 60.2 Å². The Hall–Kier alpha value is -1.72. The zero-order valence-corrected chi connectivity index (χ0v) is 12.3. The largest absolute Gasteiger partial charge is 0.395 e. The molecule has 0 aromatic heterocycles. The van der Waals surface area contributed by atoms with Crippen molar-refractivity contribution in [3.8, 4) is 11.1 Å². The third-order valence-electron chi connectivity index (χ3n) is 4.31. The summed E-state index contributed by atoms with van der Waals surface area (Å²) in [6, 6.07) is 18.0. The number of nitrogens with zero attached hydrogens (tertiary/aromatic N) is 1. The van der Waals surface area contributed by atoms with Gasteiger partial charge in [-0.15, -0.1) is 0 Å². The molecule has 3 N–H and O–H groups in total. The van der Waals surface area contributed by atoms with Gasteiger partial charge in [-0.05, 0) is 16.7 Å². The van der Waals surface area contributed by atoms with Gasteiger partial charge in [0.1, 0.15) is 0 Å². The van der Waals surface area contributed by atoms with Crippen LogP contribution in [0.4, 0.5) is 0 Å². The summed E-state index contributed by atoms with van der Waals surface area (Å²) in [5.74, 6) is 0. The molecule has 0 spiro atoms. The number of likely N-dealkylation sites (tertiary alicyclic amines) is 1. The zero-order valence-electron chi connectivity index (χ0n) is 12.3. The molecule has 1 heterocycles. The number of hydrogen-bond donors (Lipinski definition) is 3. The first-order valence-electron chi connectivity index (χ1n) is 7.54. The molecule has 1 aliphatic heterocycles. The van der Waals surface area contributed by atoms with Crippen LogP contribution in [-0.4, -0.2) is 51.6 Å². The molecule has 0 bridgehead atoms. The van der Waals surface area contributed by atoms with E-state index in [1.807, 2.05) is 35.2 Å². The maximum Gasteiger partial charge on any atom is 0.0988 e. The standard InChI is InChI=1S/C18H21NO3/c20-12-16-18(22)17(21)11-19(16)10-13-6-8-15(9-7-13)14-4-2-1-3-5-14/h1-9,16-18,20-22H,10-12H2/t16-,17-,18-/m1/s1. The average molecular weight is 299 g/mol. The van der Waals surface area contributed by atoms with Crippen LogP contribution in [0.3, 0.4) is 0 Å². The lowest BCUT2D eigenvalue weighted by Crippen LogP contribution is -2.38. The van der Waals surface area contributed by atoms with Crippen LogP contribution in [-0.2, 0) is 6.54 Å². The van der Waals surface area contributed by atoms with Crippen molar-refractivity contribution in [3.63, 3.8) is 0 Å². The Balaban J connectivity index is 1.71. The Morgan fingerprint density at radius 3 is 2.18 bits per heavy atom. The Bertz CT molecular complexity index is 599. The maximum absolute atomic E-state index is 9.85. The molecule has 0 unspecified atom stereocenters. The lowest BCUT2D eigenvalue weighted by atomic mass is 10.0. The predicted octanol–water partition coefficient (Wildman–Crippen LogP) is 1.25. The van der Waals surface area contributed by atoms with Crippen molar-refractivity contribution in [1.29, 1.82) is 0 Å². The summed E-state index contributed by atoms with van der Waals surface area (Å²) in [6.07, 6.45) is -1.67. The summed E-state index contributed by atoms with van der Waals surface area (Å²) in [5, 5.41) is 29.0. The summed E-state index contributed by atoms with van der Waals surface area (Å²) in [4.78, 5) is 1.92. The first kappa shape index (κ1) is 15.2. The molecule has 3 atom stereocenters. The number of aliphatic hydroxyl groups is 3. The van der Waals surface area contributed by atoms with Crippen LogP contribution in [0.2, 0.25) is 0 Å². The van der Waals surface area contributed by atoms with Crippen LogP contribution in [0.15, 0.2) is 54.6 Å². The molecular weight excluding hydrogens is 278 g/mol. The topological polar surface area (TPSA) is 63.9 Å². The maximum atomic E-state index is 9.85. The molecule has 0 aliphatic carbocycles. The van der Waals surface area contributed by atoms with Crippen molar-refractivity contribution in [2.24, 2.45) is 0 Å². The van der Waals surface area contributed by atoms with E-state index in [0.29, 0.717) is 13.1 Å². The molecule has 2 aromatic carbocycles. The summed E-state index contributed by atoms with van der Waals surface area (Å²) in [7, 11) is 0. The van der Waals surface area contributed by atoms with E-state index in [-0.39, 0.29) is 6.61 Å². The van der Waals surface area contributed by atoms with Gasteiger partial charge in [0.05, 0.1) is 24.9 Å². The van der Waals surface area contributed by atoms with E-state index in [4.69, 9.17) is 0 Å². The molecule has 2 aromatic rings. The fraction of sp³-hybridized carbons (Fsp3) is 0.333. The summed E-state index contributed by atoms with van der Waals surface area (Å²) >= 11 is 0. The predicted molar refractivity (Wildman–Crippen MR) is 85.2 cm³/mol. The summed E-state index contributed by atoms with van der Waals surface area (Å²) < 4.78 is 0. The van der Waals surface area contributed by atoms with Crippen molar-refractivity contribution in [2.75, 3.05) is 13.2 Å². The van der Waals surface area contributed by atoms with E-state index in [1.54, 1.807) is 0 Å². The van der Waals surface area contributed by atoms with Crippen molar-refractivity contribution >= 4 is 0 Å². The van der Waals surface area contributed by atoms with E-state index in [0.717, 1.165) is 11.1 Å². The highest BCUT2D eigenvalue weighted by molar-refractivity contribution is 5.63. The number of benzene rings is 2. The van der Waals surface area contributed by atoms with Crippen LogP contribution in [0.5, 0.6) is 0 Å². The highest BCUT2D eigenvalue weighted by Gasteiger charge is 2.39. The molecule has 22 heavy (non-hydrogen) atoms. The molecule has 0 amide bonds. The Kier molecular flexibility index (Phi) is 4.55. The van der Waals surface area contributed by atoms with Gasteiger partial charge in [-0.3, -0.25) is 4.90 Å². The van der Waals surface area contributed by atoms with Crippen LogP contribution in [0.25, 0.3) is 11.1 Å². The number of rotatable bonds is 4. The third-order valence-corrected chi connectivity index (χ3v) is 4.31. The van der Waals surface area contributed by atoms with E-state index in [2.05, 4.69) is 24.3 Å². The van der Waals surface area contributed by atoms with Crippen molar-refractivity contribution in [1.82, 2.24) is 4.90 Å². The summed E-state index contributed by atoms with van der Waals surface area (Å²) in [5.41, 5.74) is 3.43. The lowest BCUT2D eigenvalue weighted by molar-refractivity contribution is 0.0210. The Morgan fingerprint density at radius 2 is 1.55 bits per heavy atom. The van der Waals surface area contributed by atoms with Gasteiger partial charge in [-0.1, -0.05) is 54.6 Å². The van der Waals surface area contributed by atoms with Crippen LogP contribution in [0, 0.1) is 0 Å². The van der Waals surface area contributed by atoms with Crippen LogP contribution < -0.4 is 0 Å². The first-order chi connectivity index (χ1) is 10.7. The molecule has 4 nitrogen and oxygen atoms in total. The second-order valence-corrected chi connectivity index (χ2v) is 5.80. The molecule has 3 rings (SSSR count). The van der Waals surface area contributed by atoms with Gasteiger partial charge in [-0.25, -0.2) is 0 Å². The molecule has 1 fully saturated rings. The molecule has 1 saturated heterocycles. The van der Waals surface area contributed by atoms with Gasteiger partial charge < -0.3 is 15.3 Å². The second-order valence-electron chi connectivity index (χ2n) is 5.80. The highest BCUT2D eigenvalue weighted by Crippen LogP contribution is 2.23. The van der Waals surface area contributed by atoms with Gasteiger partial charge in [0, 0.05) is 13.1 Å². The second kappa shape index (κ2) is 6.58. The van der Waals surface area contributed by atoms with Gasteiger partial charge in [-0.2, -0.15) is 0 Å². The minimum Gasteiger partial charge on any atom is -0.395 e. The lowest BCUT2D eigenvalue weighted by Gasteiger charge is -2.23. The zero-order chi connectivity index (χ0) is 15.5. The van der Waals surface area contributed by atoms with E-state index in [1.165, 1.54) is 5.56 Å². The molecular formula is C18H21NO3. The molecule has 4 heteroatoms. The van der Waals surface area contributed by atoms with Crippen molar-refractivity contribution < 1.29 is 15.3 Å². The fourth-order valence-corrected chi connectivity index (χ4v) is 3.03. The quantitative estimate of drug-likeness (QED) is 0.795. The van der Waals surface area contributed by atoms with Crippen LogP contribution in [0.1, 0.15) is 5.56 Å². The van der Waals surface area contributed by atoms with Gasteiger partial charge in [0.25, 0.3) is 0 Å². The van der Waals surface area contributed by atoms with Crippen LogP contribution >= 0.6 is 0 Å². The average Bonchev–Trinajstić information content (AvgIpc) is 2.82. The molecule has 1 aliphatic rings. The van der Waals surface area contributed by atoms with Gasteiger partial charge in [0.15, 0.2) is 0 Å². The molecule has 0 saturated carbocycles.